The predicted molar refractivity (Wildman–Crippen MR) is 162 cm³/mol. The van der Waals surface area contributed by atoms with E-state index < -0.39 is 26.0 Å². The van der Waals surface area contributed by atoms with E-state index in [-0.39, 0.29) is 17.4 Å². The summed E-state index contributed by atoms with van der Waals surface area (Å²) in [7, 11) is 1.01. The molecule has 0 radical (unpaired) electrons. The number of rotatable bonds is 9. The molecule has 0 spiro atoms. The van der Waals surface area contributed by atoms with Gasteiger partial charge in [0, 0.05) is 21.2 Å². The third kappa shape index (κ3) is 10.3. The molecule has 0 aromatic heterocycles. The van der Waals surface area contributed by atoms with Crippen molar-refractivity contribution in [1.82, 2.24) is 5.32 Å². The van der Waals surface area contributed by atoms with Gasteiger partial charge in [-0.1, -0.05) is 44.0 Å². The van der Waals surface area contributed by atoms with Crippen molar-refractivity contribution in [3.8, 4) is 23.6 Å². The Morgan fingerprint density at radius 2 is 1.43 bits per heavy atom. The summed E-state index contributed by atoms with van der Waals surface area (Å²) >= 11 is 11.8. The van der Waals surface area contributed by atoms with Gasteiger partial charge < -0.3 is 25.0 Å². The number of ether oxygens (including phenoxy) is 2. The summed E-state index contributed by atoms with van der Waals surface area (Å²) in [4.78, 5) is 12.6. The summed E-state index contributed by atoms with van der Waals surface area (Å²) in [5, 5.41) is 22.0. The largest absolute Gasteiger partial charge is 0.496 e. The number of hydrogen-bond donors (Lipinski definition) is 2. The van der Waals surface area contributed by atoms with Crippen LogP contribution in [0.25, 0.3) is 0 Å². The second-order valence-electron chi connectivity index (χ2n) is 11.3. The number of amides is 1. The van der Waals surface area contributed by atoms with Gasteiger partial charge in [-0.05, 0) is 68.4 Å². The maximum atomic E-state index is 12.6. The fourth-order valence-corrected chi connectivity index (χ4v) is 5.73. The Kier molecular flexibility index (Phi) is 13.0. The molecule has 218 valence electrons. The zero-order chi connectivity index (χ0) is 30.9. The zero-order valence-electron chi connectivity index (χ0n) is 24.7. The zero-order valence-corrected chi connectivity index (χ0v) is 27.2. The lowest BCUT2D eigenvalue weighted by atomic mass is 10.0. The van der Waals surface area contributed by atoms with Gasteiger partial charge in [-0.2, -0.15) is 10.5 Å². The lowest BCUT2D eigenvalue weighted by Crippen LogP contribution is -2.49. The van der Waals surface area contributed by atoms with Gasteiger partial charge in [0.25, 0.3) is 0 Å². The molecule has 1 amide bonds. The van der Waals surface area contributed by atoms with Crippen LogP contribution in [0.1, 0.15) is 64.3 Å². The van der Waals surface area contributed by atoms with Gasteiger partial charge in [0.15, 0.2) is 8.32 Å². The molecule has 0 aliphatic heterocycles. The van der Waals surface area contributed by atoms with Crippen molar-refractivity contribution >= 4 is 37.4 Å². The van der Waals surface area contributed by atoms with Gasteiger partial charge in [0.2, 0.25) is 5.91 Å². The minimum Gasteiger partial charge on any atom is -0.496 e. The van der Waals surface area contributed by atoms with E-state index in [1.165, 1.54) is 14.2 Å². The Morgan fingerprint density at radius 3 is 1.85 bits per heavy atom. The van der Waals surface area contributed by atoms with E-state index in [0.29, 0.717) is 32.7 Å². The van der Waals surface area contributed by atoms with Crippen LogP contribution < -0.4 is 20.5 Å². The summed E-state index contributed by atoms with van der Waals surface area (Å²) in [6.45, 7) is 14.6. The van der Waals surface area contributed by atoms with E-state index in [1.54, 1.807) is 36.4 Å². The van der Waals surface area contributed by atoms with Gasteiger partial charge in [-0.15, -0.1) is 0 Å². The quantitative estimate of drug-likeness (QED) is 0.291. The standard InChI is InChI=1S/C20H31ClN2O3Si.C9H9ClN2O/c1-19(2,3)27(7,8)26-20(4,5)12-18(24)23-16(13-22)15-11-14(21)9-10-17(15)25-6;1-13-9-3-2-6(10)4-7(9)8(12)5-11/h9-11,16H,12H2,1-8H3,(H,23,24);2-4,8H,12H2,1H3. The van der Waals surface area contributed by atoms with Gasteiger partial charge >= 0.3 is 0 Å². The van der Waals surface area contributed by atoms with Crippen LogP contribution in [0.3, 0.4) is 0 Å². The monoisotopic (exact) mass is 606 g/mol. The van der Waals surface area contributed by atoms with Crippen molar-refractivity contribution < 1.29 is 18.7 Å². The fourth-order valence-electron chi connectivity index (χ4n) is 3.61. The average molecular weight is 608 g/mol. The van der Waals surface area contributed by atoms with Crippen LogP contribution in [0, 0.1) is 22.7 Å². The summed E-state index contributed by atoms with van der Waals surface area (Å²) in [5.41, 5.74) is 6.05. The Bertz CT molecular complexity index is 1250. The molecule has 0 saturated carbocycles. The first-order valence-electron chi connectivity index (χ1n) is 12.6. The number of nitriles is 2. The van der Waals surface area contributed by atoms with Crippen LogP contribution in [0.5, 0.6) is 11.5 Å². The molecular weight excluding hydrogens is 567 g/mol. The maximum absolute atomic E-state index is 12.6. The van der Waals surface area contributed by atoms with Crippen LogP contribution in [0.2, 0.25) is 28.2 Å². The number of methoxy groups -OCH3 is 2. The van der Waals surface area contributed by atoms with Crippen LogP contribution >= 0.6 is 23.2 Å². The van der Waals surface area contributed by atoms with E-state index >= 15 is 0 Å². The highest BCUT2D eigenvalue weighted by molar-refractivity contribution is 6.74. The number of carbonyl (C=O) groups is 1. The van der Waals surface area contributed by atoms with Crippen LogP contribution in [-0.2, 0) is 9.22 Å². The molecule has 0 saturated heterocycles. The fraction of sp³-hybridized carbons (Fsp3) is 0.483. The van der Waals surface area contributed by atoms with Gasteiger partial charge in [-0.25, -0.2) is 0 Å². The molecular formula is C29H40Cl2N4O4Si. The summed E-state index contributed by atoms with van der Waals surface area (Å²) in [6.07, 6.45) is 0.153. The SMILES string of the molecule is COc1ccc(Cl)cc1C(C#N)NC(=O)CC(C)(C)O[Si](C)(C)C(C)(C)C.COc1ccc(Cl)cc1C(N)C#N. The molecule has 0 aliphatic rings. The number of nitrogens with two attached hydrogens (primary N) is 1. The molecule has 3 N–H and O–H groups in total. The number of nitrogens with zero attached hydrogens (tertiary/aromatic N) is 2. The number of halogens is 2. The van der Waals surface area contributed by atoms with Crippen molar-refractivity contribution in [2.75, 3.05) is 14.2 Å². The molecule has 2 aromatic carbocycles. The summed E-state index contributed by atoms with van der Waals surface area (Å²) in [5.74, 6) is 0.828. The van der Waals surface area contributed by atoms with Crippen molar-refractivity contribution in [2.24, 2.45) is 5.73 Å². The molecule has 0 fully saturated rings. The van der Waals surface area contributed by atoms with Gasteiger partial charge in [0.1, 0.15) is 23.6 Å². The molecule has 40 heavy (non-hydrogen) atoms. The highest BCUT2D eigenvalue weighted by Crippen LogP contribution is 2.40. The number of hydrogen-bond acceptors (Lipinski definition) is 7. The van der Waals surface area contributed by atoms with E-state index in [2.05, 4.69) is 45.3 Å². The minimum atomic E-state index is -2.02. The minimum absolute atomic E-state index is 0.0457. The maximum Gasteiger partial charge on any atom is 0.224 e. The highest BCUT2D eigenvalue weighted by Gasteiger charge is 2.42. The molecule has 0 aliphatic carbocycles. The molecule has 2 atom stereocenters. The second-order valence-corrected chi connectivity index (χ2v) is 16.9. The Balaban J connectivity index is 0.000000512. The van der Waals surface area contributed by atoms with E-state index in [4.69, 9.17) is 48.1 Å². The van der Waals surface area contributed by atoms with Crippen LogP contribution in [0.15, 0.2) is 36.4 Å². The Morgan fingerprint density at radius 1 is 0.950 bits per heavy atom. The summed E-state index contributed by atoms with van der Waals surface area (Å²) in [6, 6.07) is 12.5. The molecule has 0 heterocycles. The van der Waals surface area contributed by atoms with Gasteiger partial charge in [-0.3, -0.25) is 4.79 Å². The van der Waals surface area contributed by atoms with E-state index in [1.807, 2.05) is 19.9 Å². The topological polar surface area (TPSA) is 130 Å². The first-order valence-corrected chi connectivity index (χ1v) is 16.3. The highest BCUT2D eigenvalue weighted by atomic mass is 35.5. The molecule has 8 nitrogen and oxygen atoms in total. The van der Waals surface area contributed by atoms with E-state index in [9.17, 15) is 10.1 Å². The van der Waals surface area contributed by atoms with Crippen molar-refractivity contribution in [2.45, 2.75) is 76.9 Å². The predicted octanol–water partition coefficient (Wildman–Crippen LogP) is 7.09. The van der Waals surface area contributed by atoms with Gasteiger partial charge in [0.05, 0.1) is 38.4 Å². The van der Waals surface area contributed by atoms with Crippen molar-refractivity contribution in [3.05, 3.63) is 57.6 Å². The third-order valence-electron chi connectivity index (χ3n) is 6.53. The smallest absolute Gasteiger partial charge is 0.224 e. The number of carbonyl (C=O) groups excluding carboxylic acids is 1. The number of nitrogens with one attached hydrogen (secondary N) is 1. The van der Waals surface area contributed by atoms with Crippen LogP contribution in [0.4, 0.5) is 0 Å². The summed E-state index contributed by atoms with van der Waals surface area (Å²) < 4.78 is 16.7. The lowest BCUT2D eigenvalue weighted by molar-refractivity contribution is -0.125. The third-order valence-corrected chi connectivity index (χ3v) is 11.7. The Hall–Kier alpha value is -2.79. The normalized spacial score (nSPS) is 13.1. The molecule has 2 rings (SSSR count). The Labute approximate surface area is 249 Å². The number of benzene rings is 2. The lowest BCUT2D eigenvalue weighted by Gasteiger charge is -2.42. The second kappa shape index (κ2) is 14.7. The average Bonchev–Trinajstić information content (AvgIpc) is 2.85. The molecule has 2 unspecified atom stereocenters. The first kappa shape index (κ1) is 35.2. The van der Waals surface area contributed by atoms with E-state index in [0.717, 1.165) is 0 Å². The van der Waals surface area contributed by atoms with Crippen molar-refractivity contribution in [3.63, 3.8) is 0 Å². The first-order chi connectivity index (χ1) is 18.4. The molecule has 2 aromatic rings. The van der Waals surface area contributed by atoms with Crippen molar-refractivity contribution in [1.29, 1.82) is 10.5 Å². The molecule has 11 heteroatoms. The molecule has 0 bridgehead atoms. The van der Waals surface area contributed by atoms with Crippen LogP contribution in [-0.4, -0.2) is 34.0 Å².